The first kappa shape index (κ1) is 24.3. The van der Waals surface area contributed by atoms with Crippen LogP contribution in [0.1, 0.15) is 19.3 Å². The minimum atomic E-state index is -0.446. The molecule has 2 bridgehead atoms. The van der Waals surface area contributed by atoms with Crippen LogP contribution in [0.5, 0.6) is 6.01 Å². The summed E-state index contributed by atoms with van der Waals surface area (Å²) in [5.41, 5.74) is 1.34. The molecule has 0 amide bonds. The summed E-state index contributed by atoms with van der Waals surface area (Å²) in [6.45, 7) is 2.97. The Morgan fingerprint density at radius 2 is 1.81 bits per heavy atom. The Labute approximate surface area is 221 Å². The normalized spacial score (nSPS) is 19.3. The average Bonchev–Trinajstić information content (AvgIpc) is 3.23. The molecule has 0 saturated carbocycles. The van der Waals surface area contributed by atoms with Crippen LogP contribution in [-0.2, 0) is 0 Å². The van der Waals surface area contributed by atoms with Gasteiger partial charge in [0.05, 0.1) is 11.6 Å². The van der Waals surface area contributed by atoms with Crippen molar-refractivity contribution in [1.82, 2.24) is 20.2 Å². The predicted octanol–water partition coefficient (Wildman–Crippen LogP) is 5.51. The molecule has 2 atom stereocenters. The van der Waals surface area contributed by atoms with Crippen molar-refractivity contribution >= 4 is 39.1 Å². The summed E-state index contributed by atoms with van der Waals surface area (Å²) >= 11 is 6.83. The van der Waals surface area contributed by atoms with Gasteiger partial charge in [0.1, 0.15) is 11.3 Å². The Hall–Kier alpha value is -3.00. The molecule has 3 heterocycles. The maximum absolute atomic E-state index is 16.5. The van der Waals surface area contributed by atoms with E-state index in [-0.39, 0.29) is 11.5 Å². The van der Waals surface area contributed by atoms with Gasteiger partial charge < -0.3 is 19.9 Å². The maximum atomic E-state index is 16.5. The fourth-order valence-electron chi connectivity index (χ4n) is 5.67. The number of anilines is 1. The number of halogens is 2. The first-order valence-electron chi connectivity index (χ1n) is 12.9. The third-order valence-electron chi connectivity index (χ3n) is 7.40. The van der Waals surface area contributed by atoms with E-state index in [1.165, 1.54) is 0 Å². The molecule has 6 rings (SSSR count). The molecule has 0 aliphatic carbocycles. The summed E-state index contributed by atoms with van der Waals surface area (Å²) in [6, 6.07) is 16.6. The second-order valence-electron chi connectivity index (χ2n) is 10.3. The molecule has 8 heteroatoms. The van der Waals surface area contributed by atoms with Gasteiger partial charge in [-0.15, -0.1) is 0 Å². The van der Waals surface area contributed by atoms with Crippen molar-refractivity contribution in [3.8, 4) is 17.1 Å². The summed E-state index contributed by atoms with van der Waals surface area (Å²) in [5, 5.41) is 6.60. The highest BCUT2D eigenvalue weighted by molar-refractivity contribution is 6.35. The molecule has 0 radical (unpaired) electrons. The smallest absolute Gasteiger partial charge is 0.319 e. The number of nitrogens with zero attached hydrogens (tertiary/aromatic N) is 4. The van der Waals surface area contributed by atoms with Gasteiger partial charge in [-0.2, -0.15) is 9.97 Å². The van der Waals surface area contributed by atoms with Crippen molar-refractivity contribution < 1.29 is 9.13 Å². The fraction of sp³-hybridized carbons (Fsp3) is 0.379. The van der Waals surface area contributed by atoms with Crippen molar-refractivity contribution in [2.45, 2.75) is 31.3 Å². The second kappa shape index (κ2) is 10.0. The van der Waals surface area contributed by atoms with Crippen LogP contribution >= 0.6 is 11.6 Å². The summed E-state index contributed by atoms with van der Waals surface area (Å²) in [7, 11) is 4.05. The Kier molecular flexibility index (Phi) is 6.61. The first-order chi connectivity index (χ1) is 18.0. The van der Waals surface area contributed by atoms with Crippen molar-refractivity contribution in [3.05, 3.63) is 59.4 Å². The van der Waals surface area contributed by atoms with Crippen molar-refractivity contribution in [1.29, 1.82) is 0 Å². The molecule has 0 unspecified atom stereocenters. The summed E-state index contributed by atoms with van der Waals surface area (Å²) < 4.78 is 22.4. The van der Waals surface area contributed by atoms with Gasteiger partial charge in [-0.3, -0.25) is 0 Å². The van der Waals surface area contributed by atoms with Gasteiger partial charge in [0.2, 0.25) is 0 Å². The van der Waals surface area contributed by atoms with Gasteiger partial charge in [-0.1, -0.05) is 54.1 Å². The number of nitrogens with one attached hydrogen (secondary N) is 1. The second-order valence-corrected chi connectivity index (χ2v) is 10.8. The lowest BCUT2D eigenvalue weighted by atomic mass is 9.96. The average molecular weight is 520 g/mol. The number of hydrogen-bond donors (Lipinski definition) is 1. The molecule has 2 fully saturated rings. The van der Waals surface area contributed by atoms with Crippen LogP contribution < -0.4 is 15.0 Å². The molecule has 192 valence electrons. The molecular formula is C29H31ClFN5O. The van der Waals surface area contributed by atoms with Crippen molar-refractivity contribution in [3.63, 3.8) is 0 Å². The lowest BCUT2D eigenvalue weighted by molar-refractivity contribution is 0.264. The quantitative estimate of drug-likeness (QED) is 0.325. The number of piperazine rings is 1. The van der Waals surface area contributed by atoms with Crippen molar-refractivity contribution in [2.24, 2.45) is 0 Å². The first-order valence-corrected chi connectivity index (χ1v) is 13.3. The van der Waals surface area contributed by atoms with Crippen LogP contribution in [0.25, 0.3) is 32.8 Å². The Bertz CT molecular complexity index is 1440. The van der Waals surface area contributed by atoms with Crippen LogP contribution in [0.4, 0.5) is 10.2 Å². The van der Waals surface area contributed by atoms with E-state index in [0.29, 0.717) is 40.5 Å². The number of ether oxygens (including phenoxy) is 1. The molecule has 2 saturated heterocycles. The highest BCUT2D eigenvalue weighted by atomic mass is 35.5. The maximum Gasteiger partial charge on any atom is 0.319 e. The van der Waals surface area contributed by atoms with Crippen LogP contribution in [-0.4, -0.2) is 67.3 Å². The molecule has 2 aliphatic rings. The zero-order valence-corrected chi connectivity index (χ0v) is 21.9. The minimum Gasteiger partial charge on any atom is -0.463 e. The third kappa shape index (κ3) is 4.72. The van der Waals surface area contributed by atoms with Crippen LogP contribution in [0.3, 0.4) is 0 Å². The number of benzene rings is 3. The van der Waals surface area contributed by atoms with Crippen LogP contribution in [0, 0.1) is 5.82 Å². The molecule has 6 nitrogen and oxygen atoms in total. The van der Waals surface area contributed by atoms with Gasteiger partial charge in [0.25, 0.3) is 0 Å². The van der Waals surface area contributed by atoms with Gasteiger partial charge in [0.15, 0.2) is 5.82 Å². The molecule has 1 N–H and O–H groups in total. The summed E-state index contributed by atoms with van der Waals surface area (Å²) in [4.78, 5) is 13.7. The molecule has 3 aromatic carbocycles. The summed E-state index contributed by atoms with van der Waals surface area (Å²) in [6.07, 6.45) is 3.10. The van der Waals surface area contributed by atoms with E-state index in [1.54, 1.807) is 0 Å². The molecule has 0 spiro atoms. The molecule has 2 aliphatic heterocycles. The van der Waals surface area contributed by atoms with Crippen LogP contribution in [0.2, 0.25) is 5.02 Å². The Morgan fingerprint density at radius 1 is 1.05 bits per heavy atom. The highest BCUT2D eigenvalue weighted by Gasteiger charge is 2.34. The van der Waals surface area contributed by atoms with Crippen LogP contribution in [0.15, 0.2) is 48.5 Å². The SMILES string of the molecule is CN(C)CCCOc1nc(N2C[C@H]3CC[C@@H](C2)N3)c2cc(Cl)c(-c3cccc4ccccc34)c(F)c2n1. The minimum absolute atomic E-state index is 0.206. The third-order valence-corrected chi connectivity index (χ3v) is 7.70. The van der Waals surface area contributed by atoms with E-state index in [2.05, 4.69) is 20.1 Å². The van der Waals surface area contributed by atoms with E-state index >= 15 is 4.39 Å². The highest BCUT2D eigenvalue weighted by Crippen LogP contribution is 2.41. The fourth-order valence-corrected chi connectivity index (χ4v) is 5.96. The van der Waals surface area contributed by atoms with Gasteiger partial charge in [0, 0.05) is 42.7 Å². The molecule has 4 aromatic rings. The zero-order valence-electron chi connectivity index (χ0n) is 21.2. The van der Waals surface area contributed by atoms with Crippen molar-refractivity contribution in [2.75, 3.05) is 45.2 Å². The molecular weight excluding hydrogens is 489 g/mol. The Balaban J connectivity index is 1.49. The number of aromatic nitrogens is 2. The summed E-state index contributed by atoms with van der Waals surface area (Å²) in [5.74, 6) is 0.245. The zero-order chi connectivity index (χ0) is 25.5. The van der Waals surface area contributed by atoms with E-state index in [0.717, 1.165) is 55.2 Å². The van der Waals surface area contributed by atoms with Gasteiger partial charge in [-0.25, -0.2) is 4.39 Å². The number of fused-ring (bicyclic) bond motifs is 4. The van der Waals surface area contributed by atoms with E-state index in [1.807, 2.05) is 62.6 Å². The monoisotopic (exact) mass is 519 g/mol. The van der Waals surface area contributed by atoms with E-state index < -0.39 is 5.82 Å². The van der Waals surface area contributed by atoms with Gasteiger partial charge in [-0.05, 0) is 55.8 Å². The molecule has 37 heavy (non-hydrogen) atoms. The lowest BCUT2D eigenvalue weighted by Crippen LogP contribution is -2.51. The Morgan fingerprint density at radius 3 is 2.59 bits per heavy atom. The predicted molar refractivity (Wildman–Crippen MR) is 148 cm³/mol. The lowest BCUT2D eigenvalue weighted by Gasteiger charge is -2.34. The standard InChI is InChI=1S/C29H31ClFN5O/c1-35(2)13-6-14-37-29-33-27-23(28(34-29)36-16-19-11-12-20(17-36)32-19)15-24(30)25(26(27)31)22-10-5-8-18-7-3-4-9-21(18)22/h3-5,7-10,15,19-20,32H,6,11-14,16-17H2,1-2H3/t19-,20+. The number of rotatable bonds is 7. The molecule has 1 aromatic heterocycles. The van der Waals surface area contributed by atoms with E-state index in [4.69, 9.17) is 21.3 Å². The van der Waals surface area contributed by atoms with E-state index in [9.17, 15) is 0 Å². The number of hydrogen-bond acceptors (Lipinski definition) is 6. The topological polar surface area (TPSA) is 53.5 Å². The largest absolute Gasteiger partial charge is 0.463 e. The van der Waals surface area contributed by atoms with Gasteiger partial charge >= 0.3 is 6.01 Å².